The fourth-order valence-electron chi connectivity index (χ4n) is 1.42. The standard InChI is InChI=1S/C11H13F4NO3S/c1-16(5-4-11(13,14)15)20(18,19)9-2-3-10(12)8(6-9)7-17/h2-3,6,17H,4-5,7H2,1H3. The van der Waals surface area contributed by atoms with Gasteiger partial charge in [0.15, 0.2) is 0 Å². The molecule has 0 aliphatic carbocycles. The van der Waals surface area contributed by atoms with Crippen molar-refractivity contribution < 1.29 is 31.1 Å². The number of hydrogen-bond acceptors (Lipinski definition) is 3. The molecule has 0 aliphatic rings. The van der Waals surface area contributed by atoms with Crippen LogP contribution in [0.5, 0.6) is 0 Å². The van der Waals surface area contributed by atoms with Crippen molar-refractivity contribution in [1.82, 2.24) is 4.31 Å². The average molecular weight is 315 g/mol. The Labute approximate surface area is 113 Å². The molecule has 0 unspecified atom stereocenters. The molecule has 0 amide bonds. The Morgan fingerprint density at radius 1 is 1.30 bits per heavy atom. The average Bonchev–Trinajstić information content (AvgIpc) is 2.35. The second-order valence-electron chi connectivity index (χ2n) is 4.10. The van der Waals surface area contributed by atoms with Crippen LogP contribution in [0.3, 0.4) is 0 Å². The molecule has 114 valence electrons. The summed E-state index contributed by atoms with van der Waals surface area (Å²) in [5.41, 5.74) is -0.240. The van der Waals surface area contributed by atoms with Crippen LogP contribution in [0.25, 0.3) is 0 Å². The largest absolute Gasteiger partial charge is 0.392 e. The first-order valence-corrected chi connectivity index (χ1v) is 6.94. The third-order valence-electron chi connectivity index (χ3n) is 2.61. The van der Waals surface area contributed by atoms with E-state index in [9.17, 15) is 26.0 Å². The highest BCUT2D eigenvalue weighted by Crippen LogP contribution is 2.23. The Morgan fingerprint density at radius 2 is 1.90 bits per heavy atom. The molecule has 0 bridgehead atoms. The van der Waals surface area contributed by atoms with E-state index in [2.05, 4.69) is 0 Å². The van der Waals surface area contributed by atoms with Gasteiger partial charge in [-0.3, -0.25) is 0 Å². The first-order chi connectivity index (χ1) is 9.08. The summed E-state index contributed by atoms with van der Waals surface area (Å²) in [6.45, 7) is -1.45. The fraction of sp³-hybridized carbons (Fsp3) is 0.455. The zero-order valence-electron chi connectivity index (χ0n) is 10.5. The van der Waals surface area contributed by atoms with Crippen molar-refractivity contribution >= 4 is 10.0 Å². The summed E-state index contributed by atoms with van der Waals surface area (Å²) in [4.78, 5) is -0.368. The van der Waals surface area contributed by atoms with Crippen LogP contribution < -0.4 is 0 Å². The van der Waals surface area contributed by atoms with Gasteiger partial charge < -0.3 is 5.11 Å². The molecular formula is C11H13F4NO3S. The lowest BCUT2D eigenvalue weighted by Crippen LogP contribution is -2.30. The van der Waals surface area contributed by atoms with Crippen LogP contribution in [-0.2, 0) is 16.6 Å². The van der Waals surface area contributed by atoms with Gasteiger partial charge >= 0.3 is 6.18 Å². The summed E-state index contributed by atoms with van der Waals surface area (Å²) < 4.78 is 73.9. The van der Waals surface area contributed by atoms with Gasteiger partial charge in [-0.25, -0.2) is 17.1 Å². The number of alkyl halides is 3. The van der Waals surface area contributed by atoms with E-state index in [1.54, 1.807) is 0 Å². The van der Waals surface area contributed by atoms with Gasteiger partial charge in [0, 0.05) is 19.2 Å². The molecule has 20 heavy (non-hydrogen) atoms. The van der Waals surface area contributed by atoms with Gasteiger partial charge in [0.2, 0.25) is 10.0 Å². The SMILES string of the molecule is CN(CCC(F)(F)F)S(=O)(=O)c1ccc(F)c(CO)c1. The van der Waals surface area contributed by atoms with E-state index in [1.165, 1.54) is 0 Å². The molecule has 9 heteroatoms. The quantitative estimate of drug-likeness (QED) is 0.844. The van der Waals surface area contributed by atoms with E-state index in [4.69, 9.17) is 5.11 Å². The van der Waals surface area contributed by atoms with Crippen molar-refractivity contribution in [1.29, 1.82) is 0 Å². The number of nitrogens with zero attached hydrogens (tertiary/aromatic N) is 1. The number of hydrogen-bond donors (Lipinski definition) is 1. The van der Waals surface area contributed by atoms with E-state index in [-0.39, 0.29) is 10.5 Å². The zero-order chi connectivity index (χ0) is 15.6. The minimum Gasteiger partial charge on any atom is -0.392 e. The maximum atomic E-state index is 13.1. The van der Waals surface area contributed by atoms with Crippen molar-refractivity contribution in [3.8, 4) is 0 Å². The van der Waals surface area contributed by atoms with Gasteiger partial charge in [0.05, 0.1) is 17.9 Å². The second kappa shape index (κ2) is 6.06. The molecule has 1 rings (SSSR count). The maximum absolute atomic E-state index is 13.1. The number of rotatable bonds is 5. The number of aliphatic hydroxyl groups excluding tert-OH is 1. The molecule has 4 nitrogen and oxygen atoms in total. The van der Waals surface area contributed by atoms with Crippen LogP contribution in [-0.4, -0.2) is 37.6 Å². The maximum Gasteiger partial charge on any atom is 0.390 e. The Hall–Kier alpha value is -1.19. The van der Waals surface area contributed by atoms with Gasteiger partial charge in [-0.1, -0.05) is 0 Å². The van der Waals surface area contributed by atoms with Gasteiger partial charge in [0.25, 0.3) is 0 Å². The van der Waals surface area contributed by atoms with Gasteiger partial charge in [-0.2, -0.15) is 13.2 Å². The molecule has 1 aromatic rings. The molecular weight excluding hydrogens is 302 g/mol. The summed E-state index contributed by atoms with van der Waals surface area (Å²) in [7, 11) is -3.15. The highest BCUT2D eigenvalue weighted by molar-refractivity contribution is 7.89. The molecule has 0 aromatic heterocycles. The minimum absolute atomic E-state index is 0.240. The minimum atomic E-state index is -4.47. The van der Waals surface area contributed by atoms with E-state index in [1.807, 2.05) is 0 Å². The van der Waals surface area contributed by atoms with Crippen LogP contribution in [0.1, 0.15) is 12.0 Å². The first kappa shape index (κ1) is 16.9. The smallest absolute Gasteiger partial charge is 0.390 e. The Kier molecular flexibility index (Phi) is 5.11. The lowest BCUT2D eigenvalue weighted by molar-refractivity contribution is -0.135. The van der Waals surface area contributed by atoms with Crippen molar-refractivity contribution in [2.45, 2.75) is 24.1 Å². The van der Waals surface area contributed by atoms with Crippen molar-refractivity contribution in [2.24, 2.45) is 0 Å². The monoisotopic (exact) mass is 315 g/mol. The van der Waals surface area contributed by atoms with Gasteiger partial charge in [0.1, 0.15) is 5.82 Å². The highest BCUT2D eigenvalue weighted by atomic mass is 32.2. The topological polar surface area (TPSA) is 57.6 Å². The Balaban J connectivity index is 2.98. The third kappa shape index (κ3) is 4.15. The molecule has 0 aliphatic heterocycles. The zero-order valence-corrected chi connectivity index (χ0v) is 11.3. The molecule has 1 aromatic carbocycles. The van der Waals surface area contributed by atoms with Crippen LogP contribution in [0, 0.1) is 5.82 Å². The molecule has 0 spiro atoms. The van der Waals surface area contributed by atoms with Crippen LogP contribution in [0.15, 0.2) is 23.1 Å². The van der Waals surface area contributed by atoms with Gasteiger partial charge in [-0.15, -0.1) is 0 Å². The summed E-state index contributed by atoms with van der Waals surface area (Å²) >= 11 is 0. The molecule has 1 N–H and O–H groups in total. The van der Waals surface area contributed by atoms with E-state index in [0.717, 1.165) is 25.2 Å². The molecule has 0 fully saturated rings. The first-order valence-electron chi connectivity index (χ1n) is 5.50. The molecule has 0 saturated carbocycles. The number of aliphatic hydroxyl groups is 1. The number of sulfonamides is 1. The predicted molar refractivity (Wildman–Crippen MR) is 62.8 cm³/mol. The molecule has 0 heterocycles. The van der Waals surface area contributed by atoms with Crippen molar-refractivity contribution in [3.05, 3.63) is 29.6 Å². The van der Waals surface area contributed by atoms with Crippen LogP contribution >= 0.6 is 0 Å². The summed E-state index contributed by atoms with van der Waals surface area (Å²) in [5, 5.41) is 8.86. The van der Waals surface area contributed by atoms with E-state index < -0.39 is 41.6 Å². The summed E-state index contributed by atoms with van der Waals surface area (Å²) in [6, 6.07) is 2.68. The van der Waals surface area contributed by atoms with Crippen LogP contribution in [0.2, 0.25) is 0 Å². The van der Waals surface area contributed by atoms with Crippen molar-refractivity contribution in [2.75, 3.05) is 13.6 Å². The van der Waals surface area contributed by atoms with Gasteiger partial charge in [-0.05, 0) is 18.2 Å². The predicted octanol–water partition coefficient (Wildman–Crippen LogP) is 1.89. The summed E-state index contributed by atoms with van der Waals surface area (Å²) in [6.07, 6.45) is -5.75. The Bertz CT molecular complexity index is 572. The fourth-order valence-corrected chi connectivity index (χ4v) is 2.64. The normalized spacial score (nSPS) is 12.9. The van der Waals surface area contributed by atoms with E-state index in [0.29, 0.717) is 4.31 Å². The molecule has 0 atom stereocenters. The van der Waals surface area contributed by atoms with E-state index >= 15 is 0 Å². The third-order valence-corrected chi connectivity index (χ3v) is 4.46. The lowest BCUT2D eigenvalue weighted by Gasteiger charge is -2.18. The second-order valence-corrected chi connectivity index (χ2v) is 6.15. The Morgan fingerprint density at radius 3 is 2.40 bits per heavy atom. The lowest BCUT2D eigenvalue weighted by atomic mass is 10.2. The molecule has 0 radical (unpaired) electrons. The highest BCUT2D eigenvalue weighted by Gasteiger charge is 2.30. The number of benzene rings is 1. The molecule has 0 saturated heterocycles. The van der Waals surface area contributed by atoms with Crippen LogP contribution in [0.4, 0.5) is 17.6 Å². The number of halogens is 4. The van der Waals surface area contributed by atoms with Crippen molar-refractivity contribution in [3.63, 3.8) is 0 Å². The summed E-state index contributed by atoms with van der Waals surface area (Å²) in [5.74, 6) is -0.788.